The minimum Gasteiger partial charge on any atom is -0.490 e. The number of anilines is 1. The number of benzene rings is 1. The summed E-state index contributed by atoms with van der Waals surface area (Å²) in [4.78, 5) is 2.28. The normalized spacial score (nSPS) is 20.2. The minimum absolute atomic E-state index is 0.305. The summed E-state index contributed by atoms with van der Waals surface area (Å²) in [5, 5.41) is 12.1. The lowest BCUT2D eigenvalue weighted by Crippen LogP contribution is -2.40. The van der Waals surface area contributed by atoms with Crippen LogP contribution in [0.15, 0.2) is 24.3 Å². The fourth-order valence-corrected chi connectivity index (χ4v) is 3.70. The quantitative estimate of drug-likeness (QED) is 0.884. The largest absolute Gasteiger partial charge is 0.490 e. The number of rotatable bonds is 3. The van der Waals surface area contributed by atoms with Crippen molar-refractivity contribution >= 4 is 5.82 Å². The van der Waals surface area contributed by atoms with Gasteiger partial charge in [-0.15, -0.1) is 10.2 Å². The van der Waals surface area contributed by atoms with Crippen LogP contribution < -0.4 is 10.1 Å². The zero-order valence-electron chi connectivity index (χ0n) is 15.0. The number of likely N-dealkylation sites (tertiary alicyclic amines) is 1. The van der Waals surface area contributed by atoms with Crippen LogP contribution in [0.4, 0.5) is 19.0 Å². The van der Waals surface area contributed by atoms with Gasteiger partial charge in [0, 0.05) is 30.1 Å². The fraction of sp³-hybridized carbons (Fsp3) is 0.474. The first-order valence-corrected chi connectivity index (χ1v) is 9.07. The summed E-state index contributed by atoms with van der Waals surface area (Å²) in [6.45, 7) is 2.56. The zero-order chi connectivity index (χ0) is 19.0. The van der Waals surface area contributed by atoms with E-state index in [1.54, 1.807) is 0 Å². The van der Waals surface area contributed by atoms with Gasteiger partial charge in [-0.1, -0.05) is 12.1 Å². The molecule has 8 heteroatoms. The van der Waals surface area contributed by atoms with Gasteiger partial charge in [0.25, 0.3) is 0 Å². The first kappa shape index (κ1) is 18.0. The molecule has 144 valence electrons. The standard InChI is InChI=1S/C19H21F3N4O/c1-26-9-2-3-14(11-26)23-18-15-8-10-27-17(15)16(24-25-18)12-4-6-13(7-5-12)19(20,21)22/h4-7,14H,2-3,8-11H2,1H3,(H,23,25)/t14-/m1/s1. The Hall–Kier alpha value is -2.35. The Kier molecular flexibility index (Phi) is 4.67. The number of nitrogens with zero attached hydrogens (tertiary/aromatic N) is 3. The van der Waals surface area contributed by atoms with Crippen LogP contribution in [0.3, 0.4) is 0 Å². The van der Waals surface area contributed by atoms with Gasteiger partial charge in [0.05, 0.1) is 12.2 Å². The van der Waals surface area contributed by atoms with Crippen molar-refractivity contribution in [2.75, 3.05) is 32.1 Å². The molecule has 2 aliphatic rings. The van der Waals surface area contributed by atoms with Crippen molar-refractivity contribution in [2.45, 2.75) is 31.5 Å². The maximum Gasteiger partial charge on any atom is 0.416 e. The van der Waals surface area contributed by atoms with Crippen LogP contribution >= 0.6 is 0 Å². The number of aromatic nitrogens is 2. The molecule has 0 bridgehead atoms. The first-order chi connectivity index (χ1) is 12.9. The van der Waals surface area contributed by atoms with Crippen molar-refractivity contribution in [2.24, 2.45) is 0 Å². The summed E-state index contributed by atoms with van der Waals surface area (Å²) in [7, 11) is 2.10. The maximum atomic E-state index is 12.8. The first-order valence-electron chi connectivity index (χ1n) is 9.07. The molecule has 0 spiro atoms. The van der Waals surface area contributed by atoms with Crippen LogP contribution in [0.25, 0.3) is 11.3 Å². The molecule has 1 saturated heterocycles. The summed E-state index contributed by atoms with van der Waals surface area (Å²) in [5.74, 6) is 1.34. The number of hydrogen-bond donors (Lipinski definition) is 1. The molecule has 2 aliphatic heterocycles. The van der Waals surface area contributed by atoms with E-state index in [0.29, 0.717) is 36.1 Å². The Balaban J connectivity index is 1.61. The molecule has 1 aromatic carbocycles. The summed E-state index contributed by atoms with van der Waals surface area (Å²) in [6.07, 6.45) is -1.45. The van der Waals surface area contributed by atoms with Crippen molar-refractivity contribution in [1.82, 2.24) is 15.1 Å². The fourth-order valence-electron chi connectivity index (χ4n) is 3.70. The van der Waals surface area contributed by atoms with Gasteiger partial charge in [0.2, 0.25) is 0 Å². The lowest BCUT2D eigenvalue weighted by Gasteiger charge is -2.30. The molecular weight excluding hydrogens is 357 g/mol. The molecule has 2 aromatic rings. The van der Waals surface area contributed by atoms with E-state index in [1.807, 2.05) is 0 Å². The second-order valence-corrected chi connectivity index (χ2v) is 7.12. The molecule has 0 aliphatic carbocycles. The summed E-state index contributed by atoms with van der Waals surface area (Å²) in [6, 6.07) is 5.25. The Bertz CT molecular complexity index is 823. The second-order valence-electron chi connectivity index (χ2n) is 7.12. The highest BCUT2D eigenvalue weighted by atomic mass is 19.4. The Morgan fingerprint density at radius 3 is 2.67 bits per heavy atom. The van der Waals surface area contributed by atoms with Gasteiger partial charge >= 0.3 is 6.18 Å². The van der Waals surface area contributed by atoms with Crippen LogP contribution in [0.2, 0.25) is 0 Å². The summed E-state index contributed by atoms with van der Waals surface area (Å²) >= 11 is 0. The number of alkyl halides is 3. The molecule has 3 heterocycles. The van der Waals surface area contributed by atoms with E-state index in [9.17, 15) is 13.2 Å². The molecule has 1 N–H and O–H groups in total. The number of ether oxygens (including phenoxy) is 1. The Morgan fingerprint density at radius 2 is 1.96 bits per heavy atom. The van der Waals surface area contributed by atoms with Gasteiger partial charge in [-0.05, 0) is 38.6 Å². The van der Waals surface area contributed by atoms with Gasteiger partial charge in [0.15, 0.2) is 11.6 Å². The molecule has 0 radical (unpaired) electrons. The highest BCUT2D eigenvalue weighted by Gasteiger charge is 2.31. The van der Waals surface area contributed by atoms with Crippen LogP contribution in [-0.2, 0) is 12.6 Å². The molecule has 0 saturated carbocycles. The average Bonchev–Trinajstić information content (AvgIpc) is 3.12. The number of fused-ring (bicyclic) bond motifs is 1. The molecule has 27 heavy (non-hydrogen) atoms. The van der Waals surface area contributed by atoms with Crippen LogP contribution in [0.1, 0.15) is 24.0 Å². The van der Waals surface area contributed by atoms with Gasteiger partial charge in [-0.25, -0.2) is 0 Å². The Labute approximate surface area is 155 Å². The molecule has 1 fully saturated rings. The van der Waals surface area contributed by atoms with Crippen molar-refractivity contribution < 1.29 is 17.9 Å². The van der Waals surface area contributed by atoms with Crippen LogP contribution in [0.5, 0.6) is 5.75 Å². The third-order valence-corrected chi connectivity index (χ3v) is 5.07. The lowest BCUT2D eigenvalue weighted by molar-refractivity contribution is -0.137. The average molecular weight is 378 g/mol. The Morgan fingerprint density at radius 1 is 1.19 bits per heavy atom. The molecule has 4 rings (SSSR count). The number of likely N-dealkylation sites (N-methyl/N-ethyl adjacent to an activating group) is 1. The van der Waals surface area contributed by atoms with Crippen molar-refractivity contribution in [3.63, 3.8) is 0 Å². The van der Waals surface area contributed by atoms with Gasteiger partial charge in [-0.3, -0.25) is 0 Å². The molecule has 0 amide bonds. The van der Waals surface area contributed by atoms with E-state index in [1.165, 1.54) is 12.1 Å². The van der Waals surface area contributed by atoms with E-state index in [0.717, 1.165) is 49.4 Å². The summed E-state index contributed by atoms with van der Waals surface area (Å²) < 4.78 is 44.1. The van der Waals surface area contributed by atoms with Gasteiger partial charge in [0.1, 0.15) is 5.69 Å². The number of halogens is 3. The highest BCUT2D eigenvalue weighted by molar-refractivity contribution is 5.72. The van der Waals surface area contributed by atoms with E-state index in [4.69, 9.17) is 4.74 Å². The van der Waals surface area contributed by atoms with E-state index < -0.39 is 11.7 Å². The van der Waals surface area contributed by atoms with Crippen LogP contribution in [0, 0.1) is 0 Å². The molecular formula is C19H21F3N4O. The minimum atomic E-state index is -4.36. The number of nitrogens with one attached hydrogen (secondary N) is 1. The SMILES string of the molecule is CN1CCC[C@@H](Nc2nnc(-c3ccc(C(F)(F)F)cc3)c3c2CCO3)C1. The number of piperidine rings is 1. The smallest absolute Gasteiger partial charge is 0.416 e. The van der Waals surface area contributed by atoms with E-state index in [-0.39, 0.29) is 0 Å². The van der Waals surface area contributed by atoms with Crippen molar-refractivity contribution in [1.29, 1.82) is 0 Å². The monoisotopic (exact) mass is 378 g/mol. The molecule has 5 nitrogen and oxygen atoms in total. The molecule has 1 aromatic heterocycles. The predicted molar refractivity (Wildman–Crippen MR) is 95.8 cm³/mol. The van der Waals surface area contributed by atoms with Gasteiger partial charge < -0.3 is 15.0 Å². The lowest BCUT2D eigenvalue weighted by atomic mass is 10.0. The number of hydrogen-bond acceptors (Lipinski definition) is 5. The topological polar surface area (TPSA) is 50.3 Å². The third-order valence-electron chi connectivity index (χ3n) is 5.07. The maximum absolute atomic E-state index is 12.8. The molecule has 1 atom stereocenters. The second kappa shape index (κ2) is 6.99. The zero-order valence-corrected chi connectivity index (χ0v) is 15.0. The van der Waals surface area contributed by atoms with E-state index >= 15 is 0 Å². The third kappa shape index (κ3) is 3.71. The van der Waals surface area contributed by atoms with Gasteiger partial charge in [-0.2, -0.15) is 13.2 Å². The van der Waals surface area contributed by atoms with E-state index in [2.05, 4.69) is 27.5 Å². The summed E-state index contributed by atoms with van der Waals surface area (Å²) in [5.41, 5.74) is 1.32. The van der Waals surface area contributed by atoms with Crippen molar-refractivity contribution in [3.8, 4) is 17.0 Å². The predicted octanol–water partition coefficient (Wildman–Crippen LogP) is 3.60. The van der Waals surface area contributed by atoms with Crippen LogP contribution in [-0.4, -0.2) is 47.9 Å². The molecule has 0 unspecified atom stereocenters. The highest BCUT2D eigenvalue weighted by Crippen LogP contribution is 2.39. The van der Waals surface area contributed by atoms with Crippen molar-refractivity contribution in [3.05, 3.63) is 35.4 Å².